The van der Waals surface area contributed by atoms with Gasteiger partial charge < -0.3 is 13.3 Å². The van der Waals surface area contributed by atoms with Gasteiger partial charge in [0.25, 0.3) is 0 Å². The molecule has 0 aliphatic heterocycles. The van der Waals surface area contributed by atoms with Gasteiger partial charge in [0, 0.05) is 15.8 Å². The summed E-state index contributed by atoms with van der Waals surface area (Å²) in [6.45, 7) is 19.5. The van der Waals surface area contributed by atoms with Crippen molar-refractivity contribution in [3.63, 3.8) is 0 Å². The molecule has 26 heavy (non-hydrogen) atoms. The maximum Gasteiger partial charge on any atom is 0.374 e. The van der Waals surface area contributed by atoms with Gasteiger partial charge in [-0.15, -0.1) is 0 Å². The van der Waals surface area contributed by atoms with Crippen molar-refractivity contribution in [1.29, 1.82) is 0 Å². The van der Waals surface area contributed by atoms with Crippen molar-refractivity contribution in [3.8, 4) is 5.75 Å². The molecule has 1 unspecified atom stereocenters. The molecule has 0 aliphatic carbocycles. The number of para-hydroxylation sites is 1. The van der Waals surface area contributed by atoms with E-state index in [0.29, 0.717) is 5.54 Å². The topological polar surface area (TPSA) is 27.7 Å². The summed E-state index contributed by atoms with van der Waals surface area (Å²) in [6.07, 6.45) is 0. The minimum atomic E-state index is -1.72. The van der Waals surface area contributed by atoms with E-state index in [2.05, 4.69) is 82.4 Å². The van der Waals surface area contributed by atoms with E-state index in [9.17, 15) is 0 Å². The van der Waals surface area contributed by atoms with Crippen molar-refractivity contribution in [2.45, 2.75) is 71.5 Å². The van der Waals surface area contributed by atoms with Gasteiger partial charge >= 0.3 is 9.76 Å². The fourth-order valence-electron chi connectivity index (χ4n) is 2.23. The molecule has 1 aromatic carbocycles. The zero-order valence-corrected chi connectivity index (χ0v) is 21.7. The average Bonchev–Trinajstić information content (AvgIpc) is 2.48. The van der Waals surface area contributed by atoms with Gasteiger partial charge in [0.1, 0.15) is 5.75 Å². The molecule has 0 bridgehead atoms. The molecule has 0 fully saturated rings. The van der Waals surface area contributed by atoms with Gasteiger partial charge in [-0.2, -0.15) is 0 Å². The lowest BCUT2D eigenvalue weighted by Gasteiger charge is -2.30. The largest absolute Gasteiger partial charge is 0.535 e. The number of hydrogen-bond donors (Lipinski definition) is 0. The number of allylic oxidation sites excluding steroid dienone is 2. The Bertz CT molecular complexity index is 600. The highest BCUT2D eigenvalue weighted by Crippen LogP contribution is 2.31. The Morgan fingerprint density at radius 3 is 1.92 bits per heavy atom. The minimum Gasteiger partial charge on any atom is -0.535 e. The zero-order valence-electron chi connectivity index (χ0n) is 17.7. The molecule has 1 rings (SSSR count). The molecule has 1 aromatic rings. The van der Waals surface area contributed by atoms with Crippen LogP contribution in [-0.4, -0.2) is 42.6 Å². The summed E-state index contributed by atoms with van der Waals surface area (Å²) in [6, 6.07) is 8.20. The molecule has 0 aliphatic rings. The van der Waals surface area contributed by atoms with E-state index in [1.807, 2.05) is 12.1 Å². The Morgan fingerprint density at radius 1 is 0.962 bits per heavy atom. The van der Waals surface area contributed by atoms with Gasteiger partial charge in [0.2, 0.25) is 0 Å². The summed E-state index contributed by atoms with van der Waals surface area (Å²) in [5, 5.41) is 0. The highest BCUT2D eigenvalue weighted by Gasteiger charge is 2.29. The molecule has 0 spiro atoms. The molecule has 0 saturated carbocycles. The molecular formula is C19H33O3Si4. The Kier molecular flexibility index (Phi) is 8.76. The van der Waals surface area contributed by atoms with Crippen molar-refractivity contribution >= 4 is 42.2 Å². The molecule has 0 aromatic heterocycles. The lowest BCUT2D eigenvalue weighted by atomic mass is 10.00. The molecule has 3 nitrogen and oxygen atoms in total. The van der Waals surface area contributed by atoms with E-state index in [1.54, 1.807) is 0 Å². The minimum absolute atomic E-state index is 0.115. The summed E-state index contributed by atoms with van der Waals surface area (Å²) in [4.78, 5) is 0. The van der Waals surface area contributed by atoms with Gasteiger partial charge in [-0.25, -0.2) is 0 Å². The standard InChI is InChI=1S/C19H33O3Si4/c1-14(16(3)23)15(2)17-12-10-11-13-18(17)20-24-19(21-25(4,5)6)22-26(7,8)9/h10-13,16,19H,1-9H3. The van der Waals surface area contributed by atoms with Crippen LogP contribution in [0.3, 0.4) is 0 Å². The van der Waals surface area contributed by atoms with Crippen molar-refractivity contribution in [2.75, 3.05) is 0 Å². The lowest BCUT2D eigenvalue weighted by Crippen LogP contribution is -2.44. The first-order valence-corrected chi connectivity index (χ1v) is 17.4. The molecular weight excluding hydrogens is 389 g/mol. The van der Waals surface area contributed by atoms with Crippen LogP contribution in [-0.2, 0) is 8.85 Å². The molecule has 5 radical (unpaired) electrons. The van der Waals surface area contributed by atoms with Crippen LogP contribution in [0.5, 0.6) is 5.75 Å². The second-order valence-corrected chi connectivity index (χ2v) is 19.2. The van der Waals surface area contributed by atoms with Gasteiger partial charge in [-0.05, 0) is 70.3 Å². The second kappa shape index (κ2) is 9.65. The summed E-state index contributed by atoms with van der Waals surface area (Å²) in [5.74, 6) is 0.597. The first-order chi connectivity index (χ1) is 11.8. The summed E-state index contributed by atoms with van der Waals surface area (Å²) >= 11 is 0. The third-order valence-corrected chi connectivity index (χ3v) is 7.23. The number of rotatable bonds is 9. The molecule has 0 amide bonds. The summed E-state index contributed by atoms with van der Waals surface area (Å²) < 4.78 is 18.7. The van der Waals surface area contributed by atoms with Gasteiger partial charge in [0.05, 0.1) is 0 Å². The van der Waals surface area contributed by atoms with E-state index >= 15 is 0 Å². The molecule has 0 heterocycles. The second-order valence-electron chi connectivity index (χ2n) is 8.54. The third kappa shape index (κ3) is 8.49. The maximum absolute atomic E-state index is 6.24. The van der Waals surface area contributed by atoms with Crippen LogP contribution in [0.4, 0.5) is 0 Å². The first-order valence-electron chi connectivity index (χ1n) is 9.06. The van der Waals surface area contributed by atoms with Gasteiger partial charge in [-0.3, -0.25) is 0 Å². The highest BCUT2D eigenvalue weighted by molar-refractivity contribution is 6.71. The third-order valence-electron chi connectivity index (χ3n) is 3.72. The van der Waals surface area contributed by atoms with Gasteiger partial charge in [-0.1, -0.05) is 30.7 Å². The lowest BCUT2D eigenvalue weighted by molar-refractivity contribution is 0.0531. The van der Waals surface area contributed by atoms with E-state index in [4.69, 9.17) is 13.3 Å². The van der Waals surface area contributed by atoms with Crippen molar-refractivity contribution < 1.29 is 13.3 Å². The molecule has 0 saturated heterocycles. The van der Waals surface area contributed by atoms with Crippen molar-refractivity contribution in [3.05, 3.63) is 35.4 Å². The Morgan fingerprint density at radius 2 is 1.46 bits per heavy atom. The average molecular weight is 422 g/mol. The van der Waals surface area contributed by atoms with Crippen LogP contribution in [0, 0.1) is 0 Å². The molecule has 143 valence electrons. The number of benzene rings is 1. The Hall–Kier alpha value is -0.452. The highest BCUT2D eigenvalue weighted by atomic mass is 28.4. The van der Waals surface area contributed by atoms with Crippen LogP contribution in [0.2, 0.25) is 44.8 Å². The molecule has 1 atom stereocenters. The van der Waals surface area contributed by atoms with Crippen LogP contribution in [0.25, 0.3) is 5.57 Å². The summed E-state index contributed by atoms with van der Waals surface area (Å²) in [5.41, 5.74) is 3.99. The van der Waals surface area contributed by atoms with E-state index in [0.717, 1.165) is 11.3 Å². The monoisotopic (exact) mass is 421 g/mol. The van der Waals surface area contributed by atoms with Crippen LogP contribution in [0.15, 0.2) is 29.8 Å². The fraction of sp³-hybridized carbons (Fsp3) is 0.579. The smallest absolute Gasteiger partial charge is 0.374 e. The van der Waals surface area contributed by atoms with Crippen molar-refractivity contribution in [2.24, 2.45) is 0 Å². The normalized spacial score (nSPS) is 15.0. The summed E-state index contributed by atoms with van der Waals surface area (Å²) in [7, 11) is 0.395. The quantitative estimate of drug-likeness (QED) is 0.392. The zero-order chi connectivity index (χ0) is 20.1. The predicted octanol–water partition coefficient (Wildman–Crippen LogP) is 5.44. The Labute approximate surface area is 168 Å². The van der Waals surface area contributed by atoms with E-state index in [-0.39, 0.29) is 15.7 Å². The number of hydrogen-bond acceptors (Lipinski definition) is 3. The predicted molar refractivity (Wildman–Crippen MR) is 119 cm³/mol. The SMILES string of the molecule is CC(=C(C)C(C)[Si])c1ccccc1O[Si]C(O[Si](C)(C)C)O[Si](C)(C)C. The Balaban J connectivity index is 3.01. The van der Waals surface area contributed by atoms with Crippen molar-refractivity contribution in [1.82, 2.24) is 0 Å². The fourth-order valence-corrected chi connectivity index (χ4v) is 6.83. The maximum atomic E-state index is 6.24. The first kappa shape index (κ1) is 23.6. The molecule has 7 heteroatoms. The van der Waals surface area contributed by atoms with Gasteiger partial charge in [0.15, 0.2) is 22.5 Å². The van der Waals surface area contributed by atoms with E-state index in [1.165, 1.54) is 11.1 Å². The van der Waals surface area contributed by atoms with Crippen LogP contribution < -0.4 is 4.43 Å². The van der Waals surface area contributed by atoms with Crippen LogP contribution >= 0.6 is 0 Å². The molecule has 0 N–H and O–H groups in total. The van der Waals surface area contributed by atoms with Crippen LogP contribution in [0.1, 0.15) is 26.3 Å². The van der Waals surface area contributed by atoms with E-state index < -0.39 is 16.6 Å².